The third kappa shape index (κ3) is 68.3. The van der Waals surface area contributed by atoms with E-state index in [2.05, 4.69) is 172 Å². The van der Waals surface area contributed by atoms with Gasteiger partial charge in [0.15, 0.2) is 6.10 Å². The van der Waals surface area contributed by atoms with Crippen LogP contribution in [0.25, 0.3) is 0 Å². The van der Waals surface area contributed by atoms with E-state index in [9.17, 15) is 19.5 Å². The van der Waals surface area contributed by atoms with Crippen LogP contribution in [0.3, 0.4) is 0 Å². The molecule has 492 valence electrons. The Morgan fingerprint density at radius 2 is 0.655 bits per heavy atom. The van der Waals surface area contributed by atoms with Crippen LogP contribution >= 0.6 is 0 Å². The van der Waals surface area contributed by atoms with Crippen molar-refractivity contribution in [1.29, 1.82) is 0 Å². The van der Waals surface area contributed by atoms with Gasteiger partial charge >= 0.3 is 17.9 Å². The zero-order valence-electron chi connectivity index (χ0n) is 56.1. The predicted octanol–water partition coefficient (Wildman–Crippen LogP) is 21.7. The first-order chi connectivity index (χ1) is 42.6. The van der Waals surface area contributed by atoms with Gasteiger partial charge in [-0.05, 0) is 128 Å². The number of carbonyl (C=O) groups excluding carboxylic acids is 2. The highest BCUT2D eigenvalue weighted by molar-refractivity contribution is 5.71. The Balaban J connectivity index is 4.21. The molecule has 0 radical (unpaired) electrons. The number of unbranched alkanes of at least 4 members (excludes halogenated alkanes) is 21. The highest BCUT2D eigenvalue weighted by atomic mass is 16.7. The maximum absolute atomic E-state index is 12.9. The van der Waals surface area contributed by atoms with Crippen molar-refractivity contribution in [3.63, 3.8) is 0 Å². The number of quaternary nitrogens is 1. The van der Waals surface area contributed by atoms with Crippen LogP contribution in [0.4, 0.5) is 0 Å². The standard InChI is InChI=1S/C78H127NO8/c1-6-8-10-12-14-16-18-20-22-24-26-28-30-31-32-33-34-35-36-37-38-39-40-41-42-43-44-45-47-49-51-53-55-57-59-61-63-65-67-69-76(81)87-74(73-86-78(77(82)83)84-71-70-79(3,4)5)72-85-75(80)68-66-64-62-60-58-56-54-52-50-48-46-29-27-25-23-21-19-17-15-13-11-9-7-2/h8,10,14,16,19-22,25-28,31-32,34-35,37-38,40-41,43-44,46-49,74,78H,6-7,9,11-13,15,17-18,23-24,29-30,33,36,39,42,45,50-73H2,1-5H3/p+1/b10-8-,16-14-,21-19-,22-20-,27-25-,28-26-,32-31-,35-34-,38-37-,41-40-,44-43-,48-46-,49-47-. The molecular weight excluding hydrogens is 1080 g/mol. The molecule has 0 spiro atoms. The molecule has 9 heteroatoms. The highest BCUT2D eigenvalue weighted by Crippen LogP contribution is 2.15. The lowest BCUT2D eigenvalue weighted by Gasteiger charge is -2.25. The van der Waals surface area contributed by atoms with Crippen LogP contribution in [0.2, 0.25) is 0 Å². The van der Waals surface area contributed by atoms with Gasteiger partial charge in [0.25, 0.3) is 6.29 Å². The molecule has 87 heavy (non-hydrogen) atoms. The minimum atomic E-state index is -1.53. The molecule has 0 aliphatic carbocycles. The fourth-order valence-electron chi connectivity index (χ4n) is 8.99. The van der Waals surface area contributed by atoms with Crippen LogP contribution in [0.15, 0.2) is 158 Å². The number of carboxylic acid groups (broad SMARTS) is 1. The van der Waals surface area contributed by atoms with Crippen LogP contribution < -0.4 is 0 Å². The zero-order chi connectivity index (χ0) is 63.3. The normalized spacial score (nSPS) is 13.7. The van der Waals surface area contributed by atoms with Crippen molar-refractivity contribution < 1.29 is 42.9 Å². The molecule has 0 fully saturated rings. The van der Waals surface area contributed by atoms with Crippen LogP contribution in [0, 0.1) is 0 Å². The molecule has 0 saturated heterocycles. The third-order valence-electron chi connectivity index (χ3n) is 14.3. The summed E-state index contributed by atoms with van der Waals surface area (Å²) >= 11 is 0. The molecular formula is C78H128NO8+. The van der Waals surface area contributed by atoms with Crippen molar-refractivity contribution in [3.8, 4) is 0 Å². The van der Waals surface area contributed by atoms with E-state index in [0.717, 1.165) is 135 Å². The number of hydrogen-bond donors (Lipinski definition) is 1. The number of nitrogens with zero attached hydrogens (tertiary/aromatic N) is 1. The number of likely N-dealkylation sites (N-methyl/N-ethyl adjacent to an activating group) is 1. The Bertz CT molecular complexity index is 1990. The number of allylic oxidation sites excluding steroid dienone is 26. The van der Waals surface area contributed by atoms with E-state index in [1.54, 1.807) is 0 Å². The van der Waals surface area contributed by atoms with Gasteiger partial charge in [-0.15, -0.1) is 0 Å². The maximum atomic E-state index is 12.9. The number of ether oxygens (including phenoxy) is 4. The predicted molar refractivity (Wildman–Crippen MR) is 373 cm³/mol. The van der Waals surface area contributed by atoms with Gasteiger partial charge in [0.05, 0.1) is 34.4 Å². The Hall–Kier alpha value is -5.09. The summed E-state index contributed by atoms with van der Waals surface area (Å²) in [6, 6.07) is 0. The van der Waals surface area contributed by atoms with Crippen molar-refractivity contribution in [3.05, 3.63) is 158 Å². The number of esters is 2. The molecule has 0 saturated carbocycles. The minimum Gasteiger partial charge on any atom is -0.477 e. The minimum absolute atomic E-state index is 0.177. The second kappa shape index (κ2) is 66.9. The van der Waals surface area contributed by atoms with Crippen molar-refractivity contribution >= 4 is 17.9 Å². The second-order valence-electron chi connectivity index (χ2n) is 23.7. The lowest BCUT2D eigenvalue weighted by Crippen LogP contribution is -2.40. The fraction of sp³-hybridized carbons (Fsp3) is 0.628. The van der Waals surface area contributed by atoms with Crippen LogP contribution in [-0.4, -0.2) is 87.4 Å². The van der Waals surface area contributed by atoms with Crippen LogP contribution in [0.5, 0.6) is 0 Å². The molecule has 2 atom stereocenters. The summed E-state index contributed by atoms with van der Waals surface area (Å²) in [4.78, 5) is 37.6. The van der Waals surface area contributed by atoms with Crippen molar-refractivity contribution in [2.75, 3.05) is 47.5 Å². The van der Waals surface area contributed by atoms with Gasteiger partial charge in [0.1, 0.15) is 13.2 Å². The molecule has 0 aromatic rings. The summed E-state index contributed by atoms with van der Waals surface area (Å²) in [5.74, 6) is -2.04. The average molecular weight is 1210 g/mol. The molecule has 0 aliphatic heterocycles. The Morgan fingerprint density at radius 3 is 0.977 bits per heavy atom. The summed E-state index contributed by atoms with van der Waals surface area (Å²) in [6.45, 7) is 4.72. The van der Waals surface area contributed by atoms with Gasteiger partial charge in [-0.25, -0.2) is 4.79 Å². The molecule has 1 N–H and O–H groups in total. The number of hydrogen-bond acceptors (Lipinski definition) is 7. The van der Waals surface area contributed by atoms with Gasteiger partial charge in [-0.1, -0.05) is 275 Å². The van der Waals surface area contributed by atoms with Gasteiger partial charge in [-0.3, -0.25) is 9.59 Å². The third-order valence-corrected chi connectivity index (χ3v) is 14.3. The Labute approximate surface area is 534 Å². The SMILES string of the molecule is CC/C=C\C/C=C\C/C=C\C/C=C\C/C=C\C/C=C\C/C=C\C/C=C\C/C=C\C/C=C\CCCCCCCCCCC(=O)OC(COC(=O)CCCCCCCCCC/C=C\C/C=C\C/C=C\CCCCCCC)COC(OCC[N+](C)(C)C)C(=O)O. The summed E-state index contributed by atoms with van der Waals surface area (Å²) in [7, 11) is 5.96. The molecule has 0 aromatic carbocycles. The van der Waals surface area contributed by atoms with E-state index in [-0.39, 0.29) is 38.6 Å². The number of aliphatic carboxylic acids is 1. The molecule has 9 nitrogen and oxygen atoms in total. The molecule has 0 amide bonds. The number of carboxylic acids is 1. The van der Waals surface area contributed by atoms with E-state index < -0.39 is 24.3 Å². The van der Waals surface area contributed by atoms with Gasteiger partial charge in [0, 0.05) is 12.8 Å². The van der Waals surface area contributed by atoms with E-state index in [1.807, 2.05) is 21.1 Å². The highest BCUT2D eigenvalue weighted by Gasteiger charge is 2.25. The first-order valence-electron chi connectivity index (χ1n) is 34.6. The lowest BCUT2D eigenvalue weighted by atomic mass is 10.1. The van der Waals surface area contributed by atoms with E-state index in [1.165, 1.54) is 89.9 Å². The van der Waals surface area contributed by atoms with Crippen LogP contribution in [-0.2, 0) is 33.3 Å². The van der Waals surface area contributed by atoms with Crippen molar-refractivity contribution in [2.45, 2.75) is 270 Å². The monoisotopic (exact) mass is 1210 g/mol. The summed E-state index contributed by atoms with van der Waals surface area (Å²) in [6.07, 6.45) is 96.2. The van der Waals surface area contributed by atoms with E-state index >= 15 is 0 Å². The molecule has 0 rings (SSSR count). The molecule has 2 unspecified atom stereocenters. The van der Waals surface area contributed by atoms with Crippen molar-refractivity contribution in [1.82, 2.24) is 0 Å². The first kappa shape index (κ1) is 81.9. The lowest BCUT2D eigenvalue weighted by molar-refractivity contribution is -0.870. The molecule has 0 aromatic heterocycles. The molecule has 0 aliphatic rings. The topological polar surface area (TPSA) is 108 Å². The molecule has 0 bridgehead atoms. The van der Waals surface area contributed by atoms with Crippen LogP contribution in [0.1, 0.15) is 258 Å². The first-order valence-corrected chi connectivity index (χ1v) is 34.6. The van der Waals surface area contributed by atoms with Gasteiger partial charge < -0.3 is 28.5 Å². The number of rotatable bonds is 62. The Kier molecular flexibility index (Phi) is 62.9. The fourth-order valence-corrected chi connectivity index (χ4v) is 8.99. The second-order valence-corrected chi connectivity index (χ2v) is 23.7. The van der Waals surface area contributed by atoms with E-state index in [4.69, 9.17) is 18.9 Å². The smallest absolute Gasteiger partial charge is 0.361 e. The average Bonchev–Trinajstić information content (AvgIpc) is 3.55. The largest absolute Gasteiger partial charge is 0.477 e. The summed E-state index contributed by atoms with van der Waals surface area (Å²) in [5, 5.41) is 9.74. The number of carbonyl (C=O) groups is 3. The molecule has 0 heterocycles. The quantitative estimate of drug-likeness (QED) is 0.0211. The van der Waals surface area contributed by atoms with E-state index in [0.29, 0.717) is 17.4 Å². The van der Waals surface area contributed by atoms with Gasteiger partial charge in [0.2, 0.25) is 0 Å². The zero-order valence-corrected chi connectivity index (χ0v) is 56.1. The van der Waals surface area contributed by atoms with Gasteiger partial charge in [-0.2, -0.15) is 0 Å². The summed E-state index contributed by atoms with van der Waals surface area (Å²) < 4.78 is 22.9. The Morgan fingerprint density at radius 1 is 0.356 bits per heavy atom. The maximum Gasteiger partial charge on any atom is 0.361 e. The van der Waals surface area contributed by atoms with Crippen molar-refractivity contribution in [2.24, 2.45) is 0 Å². The summed E-state index contributed by atoms with van der Waals surface area (Å²) in [5.41, 5.74) is 0.